The van der Waals surface area contributed by atoms with E-state index in [-0.39, 0.29) is 0 Å². The molecule has 1 nitrogen and oxygen atoms in total. The number of hydrogen-bond acceptors (Lipinski definition) is 2. The van der Waals surface area contributed by atoms with Crippen LogP contribution in [0.2, 0.25) is 0 Å². The van der Waals surface area contributed by atoms with E-state index in [1.807, 2.05) is 17.8 Å². The molecule has 1 aromatic rings. The van der Waals surface area contributed by atoms with E-state index in [9.17, 15) is 4.79 Å². The van der Waals surface area contributed by atoms with Gasteiger partial charge < -0.3 is 0 Å². The van der Waals surface area contributed by atoms with E-state index in [1.165, 1.54) is 37.0 Å². The fourth-order valence-electron chi connectivity index (χ4n) is 2.47. The van der Waals surface area contributed by atoms with Gasteiger partial charge in [-0.3, -0.25) is 4.79 Å². The fourth-order valence-corrected chi connectivity index (χ4v) is 3.73. The third kappa shape index (κ3) is 4.85. The molecule has 1 atom stereocenters. The molecule has 0 aliphatic heterocycles. The van der Waals surface area contributed by atoms with Crippen LogP contribution in [-0.2, 0) is 4.79 Å². The molecular weight excluding hydrogens is 240 g/mol. The molecule has 0 N–H and O–H groups in total. The van der Waals surface area contributed by atoms with E-state index < -0.39 is 0 Å². The van der Waals surface area contributed by atoms with Crippen LogP contribution in [-0.4, -0.2) is 11.0 Å². The molecule has 98 valence electrons. The largest absolute Gasteiger partial charge is 0.300 e. The molecule has 1 fully saturated rings. The van der Waals surface area contributed by atoms with E-state index in [0.29, 0.717) is 11.0 Å². The molecule has 1 saturated carbocycles. The van der Waals surface area contributed by atoms with Crippen molar-refractivity contribution in [1.82, 2.24) is 0 Å². The molecule has 0 spiro atoms. The van der Waals surface area contributed by atoms with Crippen molar-refractivity contribution >= 4 is 17.5 Å². The first-order valence-corrected chi connectivity index (χ1v) is 7.96. The van der Waals surface area contributed by atoms with Crippen LogP contribution in [0.5, 0.6) is 0 Å². The fraction of sp³-hybridized carbons (Fsp3) is 0.562. The van der Waals surface area contributed by atoms with Gasteiger partial charge in [0, 0.05) is 23.0 Å². The van der Waals surface area contributed by atoms with Crippen molar-refractivity contribution in [1.29, 1.82) is 0 Å². The molecule has 0 bridgehead atoms. The van der Waals surface area contributed by atoms with Gasteiger partial charge in [-0.25, -0.2) is 0 Å². The number of thioether (sulfide) groups is 1. The second-order valence-corrected chi connectivity index (χ2v) is 6.48. The summed E-state index contributed by atoms with van der Waals surface area (Å²) in [5, 5.41) is 0.484. The van der Waals surface area contributed by atoms with Gasteiger partial charge in [0.25, 0.3) is 0 Å². The van der Waals surface area contributed by atoms with Crippen LogP contribution in [0, 0.1) is 0 Å². The van der Waals surface area contributed by atoms with E-state index in [2.05, 4.69) is 24.3 Å². The Kier molecular flexibility index (Phi) is 5.79. The summed E-state index contributed by atoms with van der Waals surface area (Å²) in [4.78, 5) is 13.2. The van der Waals surface area contributed by atoms with E-state index in [1.54, 1.807) is 0 Å². The van der Waals surface area contributed by atoms with E-state index in [4.69, 9.17) is 0 Å². The molecule has 0 amide bonds. The van der Waals surface area contributed by atoms with Gasteiger partial charge in [-0.2, -0.15) is 0 Å². The number of hydrogen-bond donors (Lipinski definition) is 0. The first-order valence-electron chi connectivity index (χ1n) is 7.08. The van der Waals surface area contributed by atoms with E-state index >= 15 is 0 Å². The maximum atomic E-state index is 11.9. The van der Waals surface area contributed by atoms with Crippen molar-refractivity contribution in [2.45, 2.75) is 61.5 Å². The van der Waals surface area contributed by atoms with Crippen molar-refractivity contribution in [2.75, 3.05) is 0 Å². The molecular formula is C16H22OS. The Bertz CT molecular complexity index is 361. The highest BCUT2D eigenvalue weighted by Gasteiger charge is 2.16. The van der Waals surface area contributed by atoms with Crippen LogP contribution >= 0.6 is 11.8 Å². The van der Waals surface area contributed by atoms with Gasteiger partial charge in [0.2, 0.25) is 0 Å². The number of carbonyl (C=O) groups excluding carboxylic acids is 1. The average molecular weight is 262 g/mol. The minimum absolute atomic E-state index is 0.463. The highest BCUT2D eigenvalue weighted by Crippen LogP contribution is 2.30. The number of benzene rings is 1. The molecule has 1 aromatic carbocycles. The van der Waals surface area contributed by atoms with Crippen LogP contribution < -0.4 is 0 Å². The van der Waals surface area contributed by atoms with Crippen molar-refractivity contribution in [2.24, 2.45) is 0 Å². The SMILES string of the molecule is O=C1CCCCCCCC(Sc2ccccc2)C1. The van der Waals surface area contributed by atoms with Crippen LogP contribution in [0.4, 0.5) is 0 Å². The van der Waals surface area contributed by atoms with Gasteiger partial charge in [0.1, 0.15) is 5.78 Å². The third-order valence-corrected chi connectivity index (χ3v) is 4.76. The summed E-state index contributed by atoms with van der Waals surface area (Å²) in [6, 6.07) is 10.5. The lowest BCUT2D eigenvalue weighted by atomic mass is 10.00. The Balaban J connectivity index is 1.92. The second kappa shape index (κ2) is 7.63. The first kappa shape index (κ1) is 13.7. The van der Waals surface area contributed by atoms with Gasteiger partial charge in [-0.15, -0.1) is 11.8 Å². The molecule has 18 heavy (non-hydrogen) atoms. The standard InChI is InChI=1S/C16H22OS/c17-14-9-5-2-1-3-6-12-16(13-14)18-15-10-7-4-8-11-15/h4,7-8,10-11,16H,1-3,5-6,9,12-13H2. The van der Waals surface area contributed by atoms with Gasteiger partial charge in [0.05, 0.1) is 0 Å². The van der Waals surface area contributed by atoms with Crippen LogP contribution in [0.15, 0.2) is 35.2 Å². The number of ketones is 1. The van der Waals surface area contributed by atoms with E-state index in [0.717, 1.165) is 19.3 Å². The van der Waals surface area contributed by atoms with Gasteiger partial charge in [-0.1, -0.05) is 43.9 Å². The zero-order valence-corrected chi connectivity index (χ0v) is 11.8. The molecule has 2 rings (SSSR count). The molecule has 0 radical (unpaired) electrons. The summed E-state index contributed by atoms with van der Waals surface area (Å²) in [6.07, 6.45) is 8.99. The maximum absolute atomic E-state index is 11.9. The molecule has 0 saturated heterocycles. The third-order valence-electron chi connectivity index (χ3n) is 3.48. The molecule has 2 heteroatoms. The lowest BCUT2D eigenvalue weighted by Crippen LogP contribution is -2.11. The summed E-state index contributed by atoms with van der Waals surface area (Å²) >= 11 is 1.89. The van der Waals surface area contributed by atoms with Crippen LogP contribution in [0.1, 0.15) is 51.4 Å². The molecule has 0 aromatic heterocycles. The summed E-state index contributed by atoms with van der Waals surface area (Å²) in [5.74, 6) is 0.463. The quantitative estimate of drug-likeness (QED) is 0.757. The highest BCUT2D eigenvalue weighted by atomic mass is 32.2. The minimum atomic E-state index is 0.463. The predicted molar refractivity (Wildman–Crippen MR) is 78.0 cm³/mol. The van der Waals surface area contributed by atoms with Gasteiger partial charge in [-0.05, 0) is 25.0 Å². The molecule has 1 aliphatic carbocycles. The average Bonchev–Trinajstić information content (AvgIpc) is 2.39. The van der Waals surface area contributed by atoms with Gasteiger partial charge in [0.15, 0.2) is 0 Å². The zero-order chi connectivity index (χ0) is 12.6. The lowest BCUT2D eigenvalue weighted by molar-refractivity contribution is -0.119. The monoisotopic (exact) mass is 262 g/mol. The zero-order valence-electron chi connectivity index (χ0n) is 10.9. The predicted octanol–water partition coefficient (Wildman–Crippen LogP) is 4.85. The van der Waals surface area contributed by atoms with Crippen molar-refractivity contribution < 1.29 is 4.79 Å². The minimum Gasteiger partial charge on any atom is -0.300 e. The topological polar surface area (TPSA) is 17.1 Å². The summed E-state index contributed by atoms with van der Waals surface area (Å²) in [6.45, 7) is 0. The number of Topliss-reactive ketones (excluding diaryl/α,β-unsaturated/α-hetero) is 1. The van der Waals surface area contributed by atoms with Gasteiger partial charge >= 0.3 is 0 Å². The van der Waals surface area contributed by atoms with Crippen molar-refractivity contribution in [3.8, 4) is 0 Å². The van der Waals surface area contributed by atoms with Crippen molar-refractivity contribution in [3.63, 3.8) is 0 Å². The maximum Gasteiger partial charge on any atom is 0.134 e. The Morgan fingerprint density at radius 2 is 1.67 bits per heavy atom. The van der Waals surface area contributed by atoms with Crippen molar-refractivity contribution in [3.05, 3.63) is 30.3 Å². The number of carbonyl (C=O) groups is 1. The summed E-state index contributed by atoms with van der Waals surface area (Å²) in [7, 11) is 0. The van der Waals surface area contributed by atoms with Crippen LogP contribution in [0.3, 0.4) is 0 Å². The molecule has 0 heterocycles. The Hall–Kier alpha value is -0.760. The smallest absolute Gasteiger partial charge is 0.134 e. The second-order valence-electron chi connectivity index (χ2n) is 5.10. The Morgan fingerprint density at radius 1 is 0.944 bits per heavy atom. The summed E-state index contributed by atoms with van der Waals surface area (Å²) < 4.78 is 0. The van der Waals surface area contributed by atoms with Crippen LogP contribution in [0.25, 0.3) is 0 Å². The Labute approximate surface area is 114 Å². The highest BCUT2D eigenvalue weighted by molar-refractivity contribution is 8.00. The number of rotatable bonds is 2. The lowest BCUT2D eigenvalue weighted by Gasteiger charge is -2.17. The molecule has 1 unspecified atom stereocenters. The summed E-state index contributed by atoms with van der Waals surface area (Å²) in [5.41, 5.74) is 0. The first-order chi connectivity index (χ1) is 8.84. The normalized spacial score (nSPS) is 22.7. The molecule has 1 aliphatic rings. The Morgan fingerprint density at radius 3 is 2.50 bits per heavy atom.